The van der Waals surface area contributed by atoms with Crippen LogP contribution < -0.4 is 4.74 Å². The Bertz CT molecular complexity index is 1210. The summed E-state index contributed by atoms with van der Waals surface area (Å²) in [5.41, 5.74) is 0.867. The van der Waals surface area contributed by atoms with E-state index in [2.05, 4.69) is 0 Å². The van der Waals surface area contributed by atoms with Crippen molar-refractivity contribution >= 4 is 22.7 Å². The van der Waals surface area contributed by atoms with Crippen molar-refractivity contribution in [2.24, 2.45) is 23.7 Å². The van der Waals surface area contributed by atoms with E-state index in [1.54, 1.807) is 6.07 Å². The Morgan fingerprint density at radius 2 is 1.59 bits per heavy atom. The topological polar surface area (TPSA) is 63.6 Å². The average Bonchev–Trinajstić information content (AvgIpc) is 2.80. The minimum atomic E-state index is -0.860. The van der Waals surface area contributed by atoms with Gasteiger partial charge in [0.15, 0.2) is 0 Å². The number of carboxylic acids is 1. The lowest BCUT2D eigenvalue weighted by molar-refractivity contribution is -0.166. The molecule has 0 amide bonds. The second-order valence-corrected chi connectivity index (χ2v) is 8.51. The summed E-state index contributed by atoms with van der Waals surface area (Å²) in [6, 6.07) is 22.9. The molecule has 4 nitrogen and oxygen atoms in total. The van der Waals surface area contributed by atoms with Crippen molar-refractivity contribution in [3.63, 3.8) is 0 Å². The molecule has 1 saturated carbocycles. The van der Waals surface area contributed by atoms with E-state index in [1.165, 1.54) is 0 Å². The number of hydrogen-bond acceptors (Lipinski definition) is 3. The zero-order valence-electron chi connectivity index (χ0n) is 17.5. The maximum Gasteiger partial charge on any atom is 0.315 e. The molecule has 0 spiro atoms. The van der Waals surface area contributed by atoms with Crippen molar-refractivity contribution < 1.29 is 19.4 Å². The van der Waals surface area contributed by atoms with Crippen LogP contribution in [0.1, 0.15) is 17.9 Å². The van der Waals surface area contributed by atoms with Gasteiger partial charge in [0.1, 0.15) is 5.75 Å². The summed E-state index contributed by atoms with van der Waals surface area (Å²) < 4.78 is 5.96. The Morgan fingerprint density at radius 3 is 2.34 bits per heavy atom. The van der Waals surface area contributed by atoms with Crippen LogP contribution in [0.4, 0.5) is 0 Å². The highest BCUT2D eigenvalue weighted by atomic mass is 16.5. The van der Waals surface area contributed by atoms with E-state index < -0.39 is 23.7 Å². The van der Waals surface area contributed by atoms with Crippen LogP contribution >= 0.6 is 0 Å². The number of fused-ring (bicyclic) bond motifs is 1. The molecule has 1 N–H and O–H groups in total. The van der Waals surface area contributed by atoms with Gasteiger partial charge in [-0.3, -0.25) is 9.59 Å². The van der Waals surface area contributed by atoms with Crippen LogP contribution in [0, 0.1) is 23.7 Å². The van der Waals surface area contributed by atoms with Gasteiger partial charge >= 0.3 is 11.9 Å². The quantitative estimate of drug-likeness (QED) is 0.427. The van der Waals surface area contributed by atoms with Crippen LogP contribution in [0.5, 0.6) is 5.75 Å². The van der Waals surface area contributed by atoms with Crippen molar-refractivity contribution in [1.82, 2.24) is 0 Å². The van der Waals surface area contributed by atoms with Crippen LogP contribution in [0.2, 0.25) is 0 Å². The fourth-order valence-corrected chi connectivity index (χ4v) is 5.37. The van der Waals surface area contributed by atoms with E-state index in [-0.39, 0.29) is 17.8 Å². The number of carbonyl (C=O) groups excluding carboxylic acids is 1. The van der Waals surface area contributed by atoms with Gasteiger partial charge in [0.05, 0.1) is 11.8 Å². The lowest BCUT2D eigenvalue weighted by atomic mass is 9.50. The van der Waals surface area contributed by atoms with Gasteiger partial charge < -0.3 is 9.84 Å². The second-order valence-electron chi connectivity index (χ2n) is 8.51. The summed E-state index contributed by atoms with van der Waals surface area (Å²) >= 11 is 0. The van der Waals surface area contributed by atoms with Gasteiger partial charge in [0, 0.05) is 11.3 Å². The fourth-order valence-electron chi connectivity index (χ4n) is 5.37. The molecule has 160 valence electrons. The molecule has 4 heteroatoms. The number of ether oxygens (including phenoxy) is 1. The molecule has 0 radical (unpaired) electrons. The monoisotopic (exact) mass is 424 g/mol. The Kier molecular flexibility index (Phi) is 5.36. The van der Waals surface area contributed by atoms with Gasteiger partial charge in [0.25, 0.3) is 0 Å². The standard InChI is InChI=1S/C28H24O4/c29-27(30)25-23(19-11-3-1-4-12-19)26(24(25)20-13-5-2-6-14-20)28(31)32-22-17-9-15-18-10-7-8-16-21(18)22/h1-13,15-17,20,23-26H,14H2,(H,29,30)/t20?,23-,24-,25-,26+/m0/s1. The molecule has 5 atom stereocenters. The fraction of sp³-hybridized carbons (Fsp3) is 0.214. The molecule has 0 aliphatic heterocycles. The number of hydrogen-bond donors (Lipinski definition) is 1. The minimum absolute atomic E-state index is 0.00821. The van der Waals surface area contributed by atoms with Crippen molar-refractivity contribution in [3.05, 3.63) is 103 Å². The van der Waals surface area contributed by atoms with Gasteiger partial charge in [-0.25, -0.2) is 0 Å². The first-order valence-corrected chi connectivity index (χ1v) is 11.0. The van der Waals surface area contributed by atoms with Gasteiger partial charge in [-0.15, -0.1) is 0 Å². The van der Waals surface area contributed by atoms with Gasteiger partial charge in [0.2, 0.25) is 0 Å². The molecule has 2 aliphatic carbocycles. The second kappa shape index (κ2) is 8.46. The molecule has 0 saturated heterocycles. The predicted octanol–water partition coefficient (Wildman–Crippen LogP) is 5.61. The first kappa shape index (κ1) is 20.3. The predicted molar refractivity (Wildman–Crippen MR) is 123 cm³/mol. The van der Waals surface area contributed by atoms with E-state index in [1.807, 2.05) is 91.0 Å². The number of rotatable bonds is 5. The summed E-state index contributed by atoms with van der Waals surface area (Å²) in [6.07, 6.45) is 8.69. The van der Waals surface area contributed by atoms with Gasteiger partial charge in [-0.2, -0.15) is 0 Å². The molecule has 32 heavy (non-hydrogen) atoms. The maximum absolute atomic E-state index is 13.6. The van der Waals surface area contributed by atoms with E-state index in [0.717, 1.165) is 22.8 Å². The largest absolute Gasteiger partial charge is 0.481 e. The first-order chi connectivity index (χ1) is 15.6. The van der Waals surface area contributed by atoms with Crippen molar-refractivity contribution in [1.29, 1.82) is 0 Å². The molecule has 5 rings (SSSR count). The van der Waals surface area contributed by atoms with E-state index >= 15 is 0 Å². The molecular weight excluding hydrogens is 400 g/mol. The highest BCUT2D eigenvalue weighted by Gasteiger charge is 2.60. The molecule has 0 heterocycles. The maximum atomic E-state index is 13.6. The van der Waals surface area contributed by atoms with E-state index in [0.29, 0.717) is 5.75 Å². The molecule has 0 aromatic heterocycles. The van der Waals surface area contributed by atoms with E-state index in [4.69, 9.17) is 4.74 Å². The normalized spacial score (nSPS) is 26.4. The number of carboxylic acid groups (broad SMARTS) is 1. The molecule has 0 bridgehead atoms. The summed E-state index contributed by atoms with van der Waals surface area (Å²) in [5, 5.41) is 12.0. The Hall–Kier alpha value is -3.66. The molecular formula is C28H24O4. The number of esters is 1. The van der Waals surface area contributed by atoms with Gasteiger partial charge in [-0.05, 0) is 35.3 Å². The number of benzene rings is 3. The smallest absolute Gasteiger partial charge is 0.315 e. The lowest BCUT2D eigenvalue weighted by Gasteiger charge is -2.51. The highest BCUT2D eigenvalue weighted by Crippen LogP contribution is 2.57. The van der Waals surface area contributed by atoms with Crippen molar-refractivity contribution in [2.45, 2.75) is 12.3 Å². The van der Waals surface area contributed by atoms with Crippen molar-refractivity contribution in [2.75, 3.05) is 0 Å². The molecule has 1 unspecified atom stereocenters. The number of aliphatic carboxylic acids is 1. The summed E-state index contributed by atoms with van der Waals surface area (Å²) in [5.74, 6) is -2.62. The van der Waals surface area contributed by atoms with Crippen LogP contribution in [-0.2, 0) is 9.59 Å². The average molecular weight is 424 g/mol. The third kappa shape index (κ3) is 3.52. The first-order valence-electron chi connectivity index (χ1n) is 11.0. The Labute approximate surface area is 186 Å². The zero-order valence-corrected chi connectivity index (χ0v) is 17.5. The van der Waals surface area contributed by atoms with Crippen LogP contribution in [-0.4, -0.2) is 17.0 Å². The molecule has 3 aromatic rings. The Morgan fingerprint density at radius 1 is 0.844 bits per heavy atom. The summed E-state index contributed by atoms with van der Waals surface area (Å²) in [4.78, 5) is 25.9. The molecule has 2 aliphatic rings. The highest BCUT2D eigenvalue weighted by molar-refractivity contribution is 5.91. The third-order valence-corrected chi connectivity index (χ3v) is 6.81. The lowest BCUT2D eigenvalue weighted by Crippen LogP contribution is -2.56. The third-order valence-electron chi connectivity index (χ3n) is 6.81. The number of allylic oxidation sites excluding steroid dienone is 4. The SMILES string of the molecule is O=C(Oc1cccc2ccccc12)[C@@H]1[C@@H](c2ccccc2)[C@H](C(=O)O)[C@@H]1C1C=CC=CC1. The number of carbonyl (C=O) groups is 2. The van der Waals surface area contributed by atoms with E-state index in [9.17, 15) is 14.7 Å². The summed E-state index contributed by atoms with van der Waals surface area (Å²) in [7, 11) is 0. The Balaban J connectivity index is 1.52. The van der Waals surface area contributed by atoms with Crippen LogP contribution in [0.25, 0.3) is 10.8 Å². The molecule has 1 fully saturated rings. The van der Waals surface area contributed by atoms with Crippen LogP contribution in [0.3, 0.4) is 0 Å². The van der Waals surface area contributed by atoms with Gasteiger partial charge in [-0.1, -0.05) is 91.0 Å². The van der Waals surface area contributed by atoms with Crippen LogP contribution in [0.15, 0.2) is 97.1 Å². The molecule has 3 aromatic carbocycles. The minimum Gasteiger partial charge on any atom is -0.481 e. The summed E-state index contributed by atoms with van der Waals surface area (Å²) in [6.45, 7) is 0. The van der Waals surface area contributed by atoms with Crippen molar-refractivity contribution in [3.8, 4) is 5.75 Å². The zero-order chi connectivity index (χ0) is 22.1.